The quantitative estimate of drug-likeness (QED) is 0.339. The Bertz CT molecular complexity index is 523. The second kappa shape index (κ2) is 13.2. The van der Waals surface area contributed by atoms with E-state index in [0.29, 0.717) is 37.6 Å². The Balaban J connectivity index is 1.33. The number of likely N-dealkylation sites (tertiary alicyclic amines) is 1. The number of aliphatic imine (C=N–C) groups is 1. The van der Waals surface area contributed by atoms with E-state index < -0.39 is 0 Å². The summed E-state index contributed by atoms with van der Waals surface area (Å²) >= 11 is 0. The molecule has 30 heavy (non-hydrogen) atoms. The zero-order valence-electron chi connectivity index (χ0n) is 18.9. The number of ether oxygens (including phenoxy) is 2. The maximum atomic E-state index is 12.1. The van der Waals surface area contributed by atoms with Crippen molar-refractivity contribution in [1.29, 1.82) is 0 Å². The van der Waals surface area contributed by atoms with Crippen LogP contribution in [-0.2, 0) is 14.3 Å². The van der Waals surface area contributed by atoms with Crippen LogP contribution in [0.1, 0.15) is 71.1 Å². The van der Waals surface area contributed by atoms with Crippen LogP contribution in [0.25, 0.3) is 0 Å². The van der Waals surface area contributed by atoms with E-state index in [9.17, 15) is 4.79 Å². The molecule has 3 fully saturated rings. The molecule has 0 aromatic rings. The van der Waals surface area contributed by atoms with Gasteiger partial charge in [-0.2, -0.15) is 0 Å². The van der Waals surface area contributed by atoms with Gasteiger partial charge < -0.3 is 25.0 Å². The monoisotopic (exact) mass is 422 g/mol. The van der Waals surface area contributed by atoms with Gasteiger partial charge in [-0.3, -0.25) is 9.79 Å². The van der Waals surface area contributed by atoms with Gasteiger partial charge in [0.05, 0.1) is 25.4 Å². The summed E-state index contributed by atoms with van der Waals surface area (Å²) in [5.41, 5.74) is 0. The van der Waals surface area contributed by atoms with E-state index in [1.807, 2.05) is 0 Å². The molecule has 0 radical (unpaired) electrons. The van der Waals surface area contributed by atoms with Crippen LogP contribution in [0.4, 0.5) is 0 Å². The van der Waals surface area contributed by atoms with Gasteiger partial charge >= 0.3 is 0 Å². The van der Waals surface area contributed by atoms with Crippen molar-refractivity contribution in [3.63, 3.8) is 0 Å². The molecule has 1 aliphatic carbocycles. The van der Waals surface area contributed by atoms with Crippen molar-refractivity contribution in [3.05, 3.63) is 0 Å². The summed E-state index contributed by atoms with van der Waals surface area (Å²) in [6.45, 7) is 7.71. The van der Waals surface area contributed by atoms with Crippen LogP contribution < -0.4 is 10.6 Å². The molecule has 1 amide bonds. The lowest BCUT2D eigenvalue weighted by atomic mass is 10.0. The Morgan fingerprint density at radius 1 is 1.07 bits per heavy atom. The second-order valence-corrected chi connectivity index (χ2v) is 8.95. The molecule has 1 unspecified atom stereocenters. The highest BCUT2D eigenvalue weighted by molar-refractivity contribution is 5.80. The molecule has 1 atom stereocenters. The summed E-state index contributed by atoms with van der Waals surface area (Å²) in [5, 5.41) is 6.44. The fourth-order valence-corrected chi connectivity index (χ4v) is 4.75. The number of piperidine rings is 1. The number of hydrogen-bond acceptors (Lipinski definition) is 4. The minimum absolute atomic E-state index is 0.182. The molecule has 0 spiro atoms. The maximum absolute atomic E-state index is 12.1. The number of carbonyl (C=O) groups is 1. The first-order valence-corrected chi connectivity index (χ1v) is 12.3. The number of amides is 1. The lowest BCUT2D eigenvalue weighted by Crippen LogP contribution is -2.47. The fraction of sp³-hybridized carbons (Fsp3) is 0.913. The largest absolute Gasteiger partial charge is 0.376 e. The van der Waals surface area contributed by atoms with Crippen LogP contribution in [-0.4, -0.2) is 74.9 Å². The molecule has 2 N–H and O–H groups in total. The zero-order valence-corrected chi connectivity index (χ0v) is 18.9. The number of guanidine groups is 1. The minimum atomic E-state index is 0.182. The van der Waals surface area contributed by atoms with Crippen molar-refractivity contribution in [2.24, 2.45) is 10.9 Å². The average Bonchev–Trinajstić information content (AvgIpc) is 3.28. The van der Waals surface area contributed by atoms with Gasteiger partial charge in [0.2, 0.25) is 5.91 Å². The highest BCUT2D eigenvalue weighted by Crippen LogP contribution is 2.27. The SMILES string of the molecule is CCNC(=NCCNC(=O)CC1CCCC1)N1CCC(OCC2CCCCO2)CC1. The van der Waals surface area contributed by atoms with Crippen molar-refractivity contribution in [2.75, 3.05) is 45.9 Å². The van der Waals surface area contributed by atoms with Crippen LogP contribution in [0.15, 0.2) is 4.99 Å². The molecule has 2 aliphatic heterocycles. The Hall–Kier alpha value is -1.34. The lowest BCUT2D eigenvalue weighted by molar-refractivity contribution is -0.121. The predicted octanol–water partition coefficient (Wildman–Crippen LogP) is 2.70. The third kappa shape index (κ3) is 8.06. The van der Waals surface area contributed by atoms with Gasteiger partial charge in [-0.25, -0.2) is 0 Å². The molecule has 172 valence electrons. The van der Waals surface area contributed by atoms with E-state index in [0.717, 1.165) is 58.1 Å². The van der Waals surface area contributed by atoms with Crippen molar-refractivity contribution < 1.29 is 14.3 Å². The third-order valence-electron chi connectivity index (χ3n) is 6.51. The van der Waals surface area contributed by atoms with Crippen molar-refractivity contribution in [2.45, 2.75) is 83.3 Å². The summed E-state index contributed by atoms with van der Waals surface area (Å²) in [6.07, 6.45) is 11.9. The van der Waals surface area contributed by atoms with Gasteiger partial charge in [-0.1, -0.05) is 12.8 Å². The molecule has 3 rings (SSSR count). The first-order chi connectivity index (χ1) is 14.7. The van der Waals surface area contributed by atoms with E-state index in [-0.39, 0.29) is 5.91 Å². The lowest BCUT2D eigenvalue weighted by Gasteiger charge is -2.35. The van der Waals surface area contributed by atoms with Gasteiger partial charge in [-0.05, 0) is 57.8 Å². The summed E-state index contributed by atoms with van der Waals surface area (Å²) < 4.78 is 11.9. The molecule has 2 heterocycles. The summed E-state index contributed by atoms with van der Waals surface area (Å²) in [6, 6.07) is 0. The molecule has 0 bridgehead atoms. The van der Waals surface area contributed by atoms with Gasteiger partial charge in [0.1, 0.15) is 0 Å². The molecule has 7 heteroatoms. The van der Waals surface area contributed by atoms with Gasteiger partial charge in [0, 0.05) is 39.2 Å². The summed E-state index contributed by atoms with van der Waals surface area (Å²) in [4.78, 5) is 19.1. The van der Waals surface area contributed by atoms with Crippen LogP contribution >= 0.6 is 0 Å². The molecule has 3 aliphatic rings. The number of rotatable bonds is 9. The standard InChI is InChI=1S/C23H42N4O3/c1-2-24-23(26-13-12-25-22(28)17-19-7-3-4-8-19)27-14-10-20(11-15-27)30-18-21-9-5-6-16-29-21/h19-21H,2-18H2,1H3,(H,24,26)(H,25,28). The highest BCUT2D eigenvalue weighted by atomic mass is 16.5. The number of carbonyl (C=O) groups excluding carboxylic acids is 1. The van der Waals surface area contributed by atoms with E-state index >= 15 is 0 Å². The molecule has 2 saturated heterocycles. The Morgan fingerprint density at radius 2 is 1.83 bits per heavy atom. The van der Waals surface area contributed by atoms with Crippen LogP contribution in [0.3, 0.4) is 0 Å². The predicted molar refractivity (Wildman–Crippen MR) is 120 cm³/mol. The number of nitrogens with zero attached hydrogens (tertiary/aromatic N) is 2. The van der Waals surface area contributed by atoms with E-state index in [1.165, 1.54) is 38.5 Å². The molecule has 1 saturated carbocycles. The Kier molecular flexibility index (Phi) is 10.2. The minimum Gasteiger partial charge on any atom is -0.376 e. The first kappa shape index (κ1) is 23.3. The fourth-order valence-electron chi connectivity index (χ4n) is 4.75. The summed E-state index contributed by atoms with van der Waals surface area (Å²) in [5.74, 6) is 1.73. The zero-order chi connectivity index (χ0) is 21.0. The first-order valence-electron chi connectivity index (χ1n) is 12.3. The van der Waals surface area contributed by atoms with Crippen molar-refractivity contribution >= 4 is 11.9 Å². The Labute approximate surface area is 182 Å². The average molecular weight is 423 g/mol. The van der Waals surface area contributed by atoms with E-state index in [4.69, 9.17) is 14.5 Å². The molecule has 7 nitrogen and oxygen atoms in total. The maximum Gasteiger partial charge on any atom is 0.220 e. The molecule has 0 aromatic carbocycles. The highest BCUT2D eigenvalue weighted by Gasteiger charge is 2.24. The smallest absolute Gasteiger partial charge is 0.220 e. The Morgan fingerprint density at radius 3 is 2.53 bits per heavy atom. The van der Waals surface area contributed by atoms with Crippen molar-refractivity contribution in [3.8, 4) is 0 Å². The molecule has 0 aromatic heterocycles. The van der Waals surface area contributed by atoms with Crippen molar-refractivity contribution in [1.82, 2.24) is 15.5 Å². The van der Waals surface area contributed by atoms with Gasteiger partial charge in [0.25, 0.3) is 0 Å². The normalized spacial score (nSPS) is 24.2. The van der Waals surface area contributed by atoms with Crippen LogP contribution in [0.5, 0.6) is 0 Å². The van der Waals surface area contributed by atoms with E-state index in [2.05, 4.69) is 22.5 Å². The van der Waals surface area contributed by atoms with Crippen LogP contribution in [0, 0.1) is 5.92 Å². The van der Waals surface area contributed by atoms with Gasteiger partial charge in [-0.15, -0.1) is 0 Å². The molecular weight excluding hydrogens is 380 g/mol. The van der Waals surface area contributed by atoms with Crippen LogP contribution in [0.2, 0.25) is 0 Å². The number of hydrogen-bond donors (Lipinski definition) is 2. The third-order valence-corrected chi connectivity index (χ3v) is 6.51. The topological polar surface area (TPSA) is 75.2 Å². The van der Waals surface area contributed by atoms with Gasteiger partial charge in [0.15, 0.2) is 5.96 Å². The molecular formula is C23H42N4O3. The van der Waals surface area contributed by atoms with E-state index in [1.54, 1.807) is 0 Å². The summed E-state index contributed by atoms with van der Waals surface area (Å²) in [7, 11) is 0. The second-order valence-electron chi connectivity index (χ2n) is 8.95. The number of nitrogens with one attached hydrogen (secondary N) is 2.